The van der Waals surface area contributed by atoms with Gasteiger partial charge in [0.1, 0.15) is 5.75 Å². The van der Waals surface area contributed by atoms with Crippen LogP contribution in [0, 0.1) is 5.41 Å². The van der Waals surface area contributed by atoms with Crippen LogP contribution in [0.1, 0.15) is 51.3 Å². The fourth-order valence-electron chi connectivity index (χ4n) is 2.08. The number of methoxy groups -OCH3 is 1. The predicted octanol–water partition coefficient (Wildman–Crippen LogP) is 3.69. The summed E-state index contributed by atoms with van der Waals surface area (Å²) in [6, 6.07) is 6.38. The van der Waals surface area contributed by atoms with Gasteiger partial charge in [-0.05, 0) is 35.4 Å². The number of rotatable bonds is 4. The molecule has 0 fully saturated rings. The molecule has 0 saturated carbocycles. The van der Waals surface area contributed by atoms with Gasteiger partial charge in [-0.2, -0.15) is 0 Å². The lowest BCUT2D eigenvalue weighted by Crippen LogP contribution is -2.18. The molecule has 1 aromatic carbocycles. The van der Waals surface area contributed by atoms with Gasteiger partial charge in [0.15, 0.2) is 0 Å². The molecule has 1 unspecified atom stereocenters. The van der Waals surface area contributed by atoms with Crippen LogP contribution in [0.2, 0.25) is 0 Å². The Bertz CT molecular complexity index is 366. The van der Waals surface area contributed by atoms with Gasteiger partial charge in [0.2, 0.25) is 0 Å². The standard InChI is InChI=1S/C15H25NO/c1-6-11-9-12(7-8-14(11)17-5)13(16)10-15(2,3)4/h7-9,13H,6,10,16H2,1-5H3. The van der Waals surface area contributed by atoms with E-state index in [2.05, 4.69) is 39.8 Å². The fraction of sp³-hybridized carbons (Fsp3) is 0.600. The quantitative estimate of drug-likeness (QED) is 0.863. The van der Waals surface area contributed by atoms with Crippen molar-refractivity contribution in [3.05, 3.63) is 29.3 Å². The Labute approximate surface area is 105 Å². The summed E-state index contributed by atoms with van der Waals surface area (Å²) in [4.78, 5) is 0. The molecule has 0 spiro atoms. The average molecular weight is 235 g/mol. The number of hydrogen-bond donors (Lipinski definition) is 1. The first-order valence-electron chi connectivity index (χ1n) is 6.29. The monoisotopic (exact) mass is 235 g/mol. The number of aryl methyl sites for hydroxylation is 1. The van der Waals surface area contributed by atoms with E-state index in [1.165, 1.54) is 11.1 Å². The number of hydrogen-bond acceptors (Lipinski definition) is 2. The van der Waals surface area contributed by atoms with Crippen LogP contribution in [0.5, 0.6) is 5.75 Å². The lowest BCUT2D eigenvalue weighted by atomic mass is 9.85. The van der Waals surface area contributed by atoms with Gasteiger partial charge in [-0.25, -0.2) is 0 Å². The number of nitrogens with two attached hydrogens (primary N) is 1. The van der Waals surface area contributed by atoms with Crippen molar-refractivity contribution in [2.75, 3.05) is 7.11 Å². The molecule has 17 heavy (non-hydrogen) atoms. The second kappa shape index (κ2) is 5.54. The molecule has 0 radical (unpaired) electrons. The van der Waals surface area contributed by atoms with Crippen LogP contribution in [0.3, 0.4) is 0 Å². The van der Waals surface area contributed by atoms with Gasteiger partial charge in [-0.1, -0.05) is 39.8 Å². The molecule has 1 atom stereocenters. The van der Waals surface area contributed by atoms with Crippen molar-refractivity contribution >= 4 is 0 Å². The molecule has 2 nitrogen and oxygen atoms in total. The first-order chi connectivity index (χ1) is 7.87. The Morgan fingerprint density at radius 2 is 1.94 bits per heavy atom. The highest BCUT2D eigenvalue weighted by Crippen LogP contribution is 2.30. The summed E-state index contributed by atoms with van der Waals surface area (Å²) < 4.78 is 5.33. The van der Waals surface area contributed by atoms with E-state index < -0.39 is 0 Å². The highest BCUT2D eigenvalue weighted by Gasteiger charge is 2.17. The fourth-order valence-corrected chi connectivity index (χ4v) is 2.08. The summed E-state index contributed by atoms with van der Waals surface area (Å²) in [6.07, 6.45) is 1.96. The molecule has 0 heterocycles. The van der Waals surface area contributed by atoms with Gasteiger partial charge in [0.05, 0.1) is 7.11 Å². The van der Waals surface area contributed by atoms with Crippen molar-refractivity contribution < 1.29 is 4.74 Å². The third-order valence-corrected chi connectivity index (χ3v) is 2.95. The van der Waals surface area contributed by atoms with Crippen LogP contribution in [0.4, 0.5) is 0 Å². The second-order valence-corrected chi connectivity index (χ2v) is 5.80. The molecule has 0 aliphatic heterocycles. The molecule has 0 amide bonds. The maximum absolute atomic E-state index is 6.26. The van der Waals surface area contributed by atoms with E-state index in [9.17, 15) is 0 Å². The van der Waals surface area contributed by atoms with Crippen LogP contribution in [0.25, 0.3) is 0 Å². The van der Waals surface area contributed by atoms with E-state index in [1.54, 1.807) is 7.11 Å². The van der Waals surface area contributed by atoms with Crippen LogP contribution in [-0.2, 0) is 6.42 Å². The third-order valence-electron chi connectivity index (χ3n) is 2.95. The van der Waals surface area contributed by atoms with Crippen LogP contribution < -0.4 is 10.5 Å². The van der Waals surface area contributed by atoms with E-state index in [0.717, 1.165) is 18.6 Å². The van der Waals surface area contributed by atoms with Crippen molar-refractivity contribution in [1.29, 1.82) is 0 Å². The van der Waals surface area contributed by atoms with Crippen LogP contribution in [0.15, 0.2) is 18.2 Å². The molecule has 0 aliphatic rings. The zero-order valence-corrected chi connectivity index (χ0v) is 11.7. The van der Waals surface area contributed by atoms with E-state index in [4.69, 9.17) is 10.5 Å². The topological polar surface area (TPSA) is 35.2 Å². The molecule has 2 N–H and O–H groups in total. The summed E-state index contributed by atoms with van der Waals surface area (Å²) in [7, 11) is 1.71. The zero-order valence-electron chi connectivity index (χ0n) is 11.7. The van der Waals surface area contributed by atoms with Gasteiger partial charge in [0, 0.05) is 6.04 Å². The molecule has 1 rings (SSSR count). The van der Waals surface area contributed by atoms with Gasteiger partial charge in [-0.3, -0.25) is 0 Å². The van der Waals surface area contributed by atoms with E-state index in [1.807, 2.05) is 6.07 Å². The number of ether oxygens (including phenoxy) is 1. The molecule has 96 valence electrons. The molecule has 0 aromatic heterocycles. The van der Waals surface area contributed by atoms with Crippen molar-refractivity contribution in [3.8, 4) is 5.75 Å². The zero-order chi connectivity index (χ0) is 13.1. The minimum atomic E-state index is 0.103. The summed E-state index contributed by atoms with van der Waals surface area (Å²) in [5.74, 6) is 0.958. The van der Waals surface area contributed by atoms with Crippen LogP contribution >= 0.6 is 0 Å². The maximum atomic E-state index is 6.26. The second-order valence-electron chi connectivity index (χ2n) is 5.80. The Balaban J connectivity index is 2.92. The minimum Gasteiger partial charge on any atom is -0.496 e. The average Bonchev–Trinajstić information content (AvgIpc) is 2.25. The summed E-state index contributed by atoms with van der Waals surface area (Å²) >= 11 is 0. The first kappa shape index (κ1) is 14.0. The predicted molar refractivity (Wildman–Crippen MR) is 73.4 cm³/mol. The molecule has 0 aliphatic carbocycles. The lowest BCUT2D eigenvalue weighted by molar-refractivity contribution is 0.342. The van der Waals surface area contributed by atoms with Crippen molar-refractivity contribution in [2.24, 2.45) is 11.1 Å². The Morgan fingerprint density at radius 3 is 2.41 bits per heavy atom. The summed E-state index contributed by atoms with van der Waals surface area (Å²) in [5.41, 5.74) is 8.95. The van der Waals surface area contributed by atoms with Crippen molar-refractivity contribution in [2.45, 2.75) is 46.6 Å². The highest BCUT2D eigenvalue weighted by molar-refractivity contribution is 5.38. The van der Waals surface area contributed by atoms with Crippen molar-refractivity contribution in [1.82, 2.24) is 0 Å². The Hall–Kier alpha value is -1.02. The SMILES string of the molecule is CCc1cc(C(N)CC(C)(C)C)ccc1OC. The van der Waals surface area contributed by atoms with E-state index >= 15 is 0 Å². The van der Waals surface area contributed by atoms with Crippen molar-refractivity contribution in [3.63, 3.8) is 0 Å². The van der Waals surface area contributed by atoms with Gasteiger partial charge < -0.3 is 10.5 Å². The van der Waals surface area contributed by atoms with E-state index in [0.29, 0.717) is 0 Å². The van der Waals surface area contributed by atoms with Gasteiger partial charge >= 0.3 is 0 Å². The Morgan fingerprint density at radius 1 is 1.29 bits per heavy atom. The maximum Gasteiger partial charge on any atom is 0.122 e. The highest BCUT2D eigenvalue weighted by atomic mass is 16.5. The largest absolute Gasteiger partial charge is 0.496 e. The minimum absolute atomic E-state index is 0.103. The summed E-state index contributed by atoms with van der Waals surface area (Å²) in [5, 5.41) is 0. The molecule has 1 aromatic rings. The van der Waals surface area contributed by atoms with E-state index in [-0.39, 0.29) is 11.5 Å². The third kappa shape index (κ3) is 4.04. The molecule has 0 bridgehead atoms. The molecule has 0 saturated heterocycles. The normalized spacial score (nSPS) is 13.5. The summed E-state index contributed by atoms with van der Waals surface area (Å²) in [6.45, 7) is 8.79. The first-order valence-corrected chi connectivity index (χ1v) is 6.29. The molecular weight excluding hydrogens is 210 g/mol. The van der Waals surface area contributed by atoms with Gasteiger partial charge in [-0.15, -0.1) is 0 Å². The number of benzene rings is 1. The molecular formula is C15H25NO. The lowest BCUT2D eigenvalue weighted by Gasteiger charge is -2.24. The smallest absolute Gasteiger partial charge is 0.122 e. The van der Waals surface area contributed by atoms with Crippen LogP contribution in [-0.4, -0.2) is 7.11 Å². The molecule has 2 heteroatoms. The van der Waals surface area contributed by atoms with Gasteiger partial charge in [0.25, 0.3) is 0 Å². The Kier molecular flexibility index (Phi) is 4.58.